The summed E-state index contributed by atoms with van der Waals surface area (Å²) in [5.41, 5.74) is 3.24. The quantitative estimate of drug-likeness (QED) is 0.619. The molecule has 1 aromatic carbocycles. The summed E-state index contributed by atoms with van der Waals surface area (Å²) in [6.45, 7) is 4.22. The fourth-order valence-corrected chi connectivity index (χ4v) is 2.79. The van der Waals surface area contributed by atoms with Gasteiger partial charge in [-0.25, -0.2) is 14.5 Å². The Hall–Kier alpha value is -3.68. The van der Waals surface area contributed by atoms with Crippen molar-refractivity contribution in [3.63, 3.8) is 0 Å². The van der Waals surface area contributed by atoms with Gasteiger partial charge in [0.25, 0.3) is 5.91 Å². The first-order valence-electron chi connectivity index (χ1n) is 9.12. The SMILES string of the molecule is CCOC(=O)c1cnn(-c2ccc(C(=O)NCc3ccnc(OC)c3)cc2)c1C. The third-order valence-electron chi connectivity index (χ3n) is 4.34. The van der Waals surface area contributed by atoms with Gasteiger partial charge in [0.1, 0.15) is 5.56 Å². The molecule has 29 heavy (non-hydrogen) atoms. The third-order valence-corrected chi connectivity index (χ3v) is 4.34. The summed E-state index contributed by atoms with van der Waals surface area (Å²) in [7, 11) is 1.54. The summed E-state index contributed by atoms with van der Waals surface area (Å²) in [6, 6.07) is 10.6. The summed E-state index contributed by atoms with van der Waals surface area (Å²) in [5.74, 6) is -0.102. The van der Waals surface area contributed by atoms with Crippen LogP contribution in [0.15, 0.2) is 48.8 Å². The minimum atomic E-state index is -0.403. The van der Waals surface area contributed by atoms with Gasteiger partial charge in [-0.15, -0.1) is 0 Å². The van der Waals surface area contributed by atoms with Gasteiger partial charge < -0.3 is 14.8 Å². The molecule has 2 heterocycles. The standard InChI is InChI=1S/C21H22N4O4/c1-4-29-21(27)18-13-24-25(14(18)2)17-7-5-16(6-8-17)20(26)23-12-15-9-10-22-19(11-15)28-3/h5-11,13H,4,12H2,1-3H3,(H,23,26). The van der Waals surface area contributed by atoms with E-state index in [2.05, 4.69) is 15.4 Å². The van der Waals surface area contributed by atoms with Crippen molar-refractivity contribution in [2.75, 3.05) is 13.7 Å². The molecule has 0 aliphatic rings. The number of esters is 1. The summed E-state index contributed by atoms with van der Waals surface area (Å²) in [4.78, 5) is 28.4. The van der Waals surface area contributed by atoms with E-state index in [9.17, 15) is 9.59 Å². The van der Waals surface area contributed by atoms with Crippen LogP contribution in [0.2, 0.25) is 0 Å². The van der Waals surface area contributed by atoms with Crippen molar-refractivity contribution >= 4 is 11.9 Å². The van der Waals surface area contributed by atoms with Crippen LogP contribution in [0, 0.1) is 6.92 Å². The van der Waals surface area contributed by atoms with E-state index in [1.165, 1.54) is 6.20 Å². The first-order chi connectivity index (χ1) is 14.0. The Kier molecular flexibility index (Phi) is 6.23. The van der Waals surface area contributed by atoms with Crippen LogP contribution in [0.4, 0.5) is 0 Å². The first-order valence-corrected chi connectivity index (χ1v) is 9.12. The van der Waals surface area contributed by atoms with Crippen molar-refractivity contribution in [3.05, 3.63) is 71.2 Å². The van der Waals surface area contributed by atoms with Crippen LogP contribution in [-0.4, -0.2) is 40.4 Å². The Labute approximate surface area is 168 Å². The molecule has 0 bridgehead atoms. The van der Waals surface area contributed by atoms with Gasteiger partial charge in [-0.1, -0.05) is 0 Å². The molecule has 0 atom stereocenters. The van der Waals surface area contributed by atoms with Crippen LogP contribution in [0.3, 0.4) is 0 Å². The summed E-state index contributed by atoms with van der Waals surface area (Å²) in [5, 5.41) is 7.12. The van der Waals surface area contributed by atoms with E-state index in [1.807, 2.05) is 6.07 Å². The fourth-order valence-electron chi connectivity index (χ4n) is 2.79. The number of aromatic nitrogens is 3. The number of amides is 1. The molecule has 8 nitrogen and oxygen atoms in total. The number of methoxy groups -OCH3 is 1. The van der Waals surface area contributed by atoms with E-state index in [0.717, 1.165) is 11.3 Å². The van der Waals surface area contributed by atoms with Crippen LogP contribution >= 0.6 is 0 Å². The first kappa shape index (κ1) is 20.1. The Morgan fingerprint density at radius 3 is 2.62 bits per heavy atom. The average molecular weight is 394 g/mol. The van der Waals surface area contributed by atoms with Crippen LogP contribution in [0.5, 0.6) is 5.88 Å². The lowest BCUT2D eigenvalue weighted by Gasteiger charge is -2.08. The van der Waals surface area contributed by atoms with Crippen molar-refractivity contribution in [1.82, 2.24) is 20.1 Å². The molecule has 0 saturated carbocycles. The lowest BCUT2D eigenvalue weighted by molar-refractivity contribution is 0.0525. The molecular weight excluding hydrogens is 372 g/mol. The van der Waals surface area contributed by atoms with Crippen LogP contribution in [0.1, 0.15) is 38.9 Å². The largest absolute Gasteiger partial charge is 0.481 e. The second-order valence-electron chi connectivity index (χ2n) is 6.21. The highest BCUT2D eigenvalue weighted by molar-refractivity contribution is 5.94. The molecule has 0 radical (unpaired) electrons. The summed E-state index contributed by atoms with van der Waals surface area (Å²) < 4.78 is 11.7. The number of ether oxygens (including phenoxy) is 2. The van der Waals surface area contributed by atoms with Crippen molar-refractivity contribution in [2.24, 2.45) is 0 Å². The van der Waals surface area contributed by atoms with E-state index >= 15 is 0 Å². The Morgan fingerprint density at radius 1 is 1.17 bits per heavy atom. The Balaban J connectivity index is 1.68. The van der Waals surface area contributed by atoms with Crippen molar-refractivity contribution in [3.8, 4) is 11.6 Å². The summed E-state index contributed by atoms with van der Waals surface area (Å²) in [6.07, 6.45) is 3.11. The third kappa shape index (κ3) is 4.60. The second kappa shape index (κ2) is 9.01. The molecular formula is C21H22N4O4. The number of benzene rings is 1. The lowest BCUT2D eigenvalue weighted by atomic mass is 10.1. The van der Waals surface area contributed by atoms with Crippen LogP contribution < -0.4 is 10.1 Å². The van der Waals surface area contributed by atoms with E-state index in [1.54, 1.807) is 62.2 Å². The van der Waals surface area contributed by atoms with Gasteiger partial charge in [0.2, 0.25) is 5.88 Å². The number of carbonyl (C=O) groups excluding carboxylic acids is 2. The molecule has 0 saturated heterocycles. The van der Waals surface area contributed by atoms with E-state index in [-0.39, 0.29) is 5.91 Å². The summed E-state index contributed by atoms with van der Waals surface area (Å²) >= 11 is 0. The minimum Gasteiger partial charge on any atom is -0.481 e. The highest BCUT2D eigenvalue weighted by atomic mass is 16.5. The molecule has 2 aromatic heterocycles. The topological polar surface area (TPSA) is 95.3 Å². The molecule has 1 N–H and O–H groups in total. The monoisotopic (exact) mass is 394 g/mol. The predicted octanol–water partition coefficient (Wildman–Crippen LogP) is 2.69. The van der Waals surface area contributed by atoms with Gasteiger partial charge in [-0.2, -0.15) is 5.10 Å². The van der Waals surface area contributed by atoms with E-state index < -0.39 is 5.97 Å². The van der Waals surface area contributed by atoms with Gasteiger partial charge >= 0.3 is 5.97 Å². The molecule has 8 heteroatoms. The van der Waals surface area contributed by atoms with E-state index in [0.29, 0.717) is 35.9 Å². The maximum atomic E-state index is 12.4. The molecule has 0 unspecified atom stereocenters. The number of hydrogen-bond acceptors (Lipinski definition) is 6. The number of pyridine rings is 1. The highest BCUT2D eigenvalue weighted by Gasteiger charge is 2.16. The van der Waals surface area contributed by atoms with Crippen LogP contribution in [-0.2, 0) is 11.3 Å². The number of hydrogen-bond donors (Lipinski definition) is 1. The molecule has 0 fully saturated rings. The predicted molar refractivity (Wildman–Crippen MR) is 106 cm³/mol. The molecule has 0 aliphatic heterocycles. The zero-order valence-electron chi connectivity index (χ0n) is 16.5. The fraction of sp³-hybridized carbons (Fsp3) is 0.238. The van der Waals surface area contributed by atoms with Crippen molar-refractivity contribution < 1.29 is 19.1 Å². The molecule has 0 aliphatic carbocycles. The van der Waals surface area contributed by atoms with Crippen molar-refractivity contribution in [1.29, 1.82) is 0 Å². The highest BCUT2D eigenvalue weighted by Crippen LogP contribution is 2.16. The normalized spacial score (nSPS) is 10.4. The Morgan fingerprint density at radius 2 is 1.93 bits per heavy atom. The maximum absolute atomic E-state index is 12.4. The van der Waals surface area contributed by atoms with Gasteiger partial charge in [0.15, 0.2) is 0 Å². The number of nitrogens with one attached hydrogen (secondary N) is 1. The zero-order chi connectivity index (χ0) is 20.8. The van der Waals surface area contributed by atoms with E-state index in [4.69, 9.17) is 9.47 Å². The number of rotatable bonds is 7. The number of carbonyl (C=O) groups is 2. The van der Waals surface area contributed by atoms with Gasteiger partial charge in [0, 0.05) is 24.4 Å². The Bertz CT molecular complexity index is 1010. The van der Waals surface area contributed by atoms with Gasteiger partial charge in [-0.3, -0.25) is 4.79 Å². The van der Waals surface area contributed by atoms with Crippen molar-refractivity contribution in [2.45, 2.75) is 20.4 Å². The van der Waals surface area contributed by atoms with Gasteiger partial charge in [-0.05, 0) is 49.7 Å². The minimum absolute atomic E-state index is 0.197. The smallest absolute Gasteiger partial charge is 0.341 e. The van der Waals surface area contributed by atoms with Crippen LogP contribution in [0.25, 0.3) is 5.69 Å². The molecule has 150 valence electrons. The molecule has 3 aromatic rings. The number of nitrogens with zero attached hydrogens (tertiary/aromatic N) is 3. The maximum Gasteiger partial charge on any atom is 0.341 e. The molecule has 0 spiro atoms. The molecule has 1 amide bonds. The molecule has 3 rings (SSSR count). The lowest BCUT2D eigenvalue weighted by Crippen LogP contribution is -2.22. The second-order valence-corrected chi connectivity index (χ2v) is 6.21. The zero-order valence-corrected chi connectivity index (χ0v) is 16.5. The van der Waals surface area contributed by atoms with Gasteiger partial charge in [0.05, 0.1) is 31.3 Å². The average Bonchev–Trinajstić information content (AvgIpc) is 3.14.